The van der Waals surface area contributed by atoms with Gasteiger partial charge in [-0.15, -0.1) is 0 Å². The van der Waals surface area contributed by atoms with Crippen LogP contribution in [0.1, 0.15) is 38.7 Å². The SMILES string of the molecule is Cc1cccc2c1-c1n(C)cc[n+]1B1CCCC(C)(C)CCN12. The van der Waals surface area contributed by atoms with E-state index in [1.165, 1.54) is 48.2 Å². The molecule has 0 unspecified atom stereocenters. The summed E-state index contributed by atoms with van der Waals surface area (Å²) in [6, 6.07) is 6.78. The number of nitrogens with zero attached hydrogens (tertiary/aromatic N) is 3. The number of anilines is 1. The van der Waals surface area contributed by atoms with Gasteiger partial charge in [-0.3, -0.25) is 4.48 Å². The van der Waals surface area contributed by atoms with Crippen molar-refractivity contribution in [1.82, 2.24) is 4.57 Å². The van der Waals surface area contributed by atoms with Crippen LogP contribution in [0, 0.1) is 12.3 Å². The van der Waals surface area contributed by atoms with Crippen molar-refractivity contribution in [3.63, 3.8) is 0 Å². The highest BCUT2D eigenvalue weighted by Gasteiger charge is 2.44. The first kappa shape index (κ1) is 14.9. The lowest BCUT2D eigenvalue weighted by Gasteiger charge is -2.39. The minimum atomic E-state index is 0.455. The summed E-state index contributed by atoms with van der Waals surface area (Å²) in [5.74, 6) is 1.36. The van der Waals surface area contributed by atoms with Crippen molar-refractivity contribution in [2.45, 2.75) is 46.4 Å². The predicted molar refractivity (Wildman–Crippen MR) is 96.7 cm³/mol. The van der Waals surface area contributed by atoms with Crippen molar-refractivity contribution in [1.29, 1.82) is 0 Å². The Kier molecular flexibility index (Phi) is 3.33. The predicted octanol–water partition coefficient (Wildman–Crippen LogP) is 3.65. The summed E-state index contributed by atoms with van der Waals surface area (Å²) in [6.45, 7) is 8.71. The Morgan fingerprint density at radius 1 is 1.22 bits per heavy atom. The van der Waals surface area contributed by atoms with Crippen molar-refractivity contribution in [3.05, 3.63) is 36.2 Å². The summed E-state index contributed by atoms with van der Waals surface area (Å²) in [5, 5.41) is 0. The zero-order valence-electron chi connectivity index (χ0n) is 14.8. The van der Waals surface area contributed by atoms with E-state index in [4.69, 9.17) is 0 Å². The Morgan fingerprint density at radius 2 is 2.04 bits per heavy atom. The third-order valence-corrected chi connectivity index (χ3v) is 5.84. The number of imidazole rings is 1. The molecule has 2 aliphatic rings. The van der Waals surface area contributed by atoms with Gasteiger partial charge in [-0.1, -0.05) is 32.4 Å². The highest BCUT2D eigenvalue weighted by Crippen LogP contribution is 2.39. The molecule has 120 valence electrons. The van der Waals surface area contributed by atoms with E-state index in [0.29, 0.717) is 12.4 Å². The van der Waals surface area contributed by atoms with Crippen LogP contribution >= 0.6 is 0 Å². The molecule has 3 nitrogen and oxygen atoms in total. The minimum absolute atomic E-state index is 0.455. The van der Waals surface area contributed by atoms with Gasteiger partial charge in [0.1, 0.15) is 12.4 Å². The second-order valence-electron chi connectivity index (χ2n) is 8.09. The van der Waals surface area contributed by atoms with Gasteiger partial charge < -0.3 is 4.81 Å². The molecule has 0 aliphatic carbocycles. The van der Waals surface area contributed by atoms with Crippen molar-refractivity contribution < 1.29 is 4.48 Å². The zero-order chi connectivity index (χ0) is 16.2. The molecule has 0 atom stereocenters. The largest absolute Gasteiger partial charge is 0.501 e. The standard InChI is InChI=1S/C19H27BN3/c1-15-7-5-8-16-17(15)18-21(4)13-14-23(18)20-11-6-9-19(2,3)10-12-22(16)20/h5,7-8,13-14H,6,9-12H2,1-4H3/q+1. The molecule has 1 aromatic carbocycles. The van der Waals surface area contributed by atoms with E-state index in [1.54, 1.807) is 0 Å². The lowest BCUT2D eigenvalue weighted by atomic mass is 9.62. The minimum Gasteiger partial charge on any atom is -0.374 e. The van der Waals surface area contributed by atoms with E-state index in [9.17, 15) is 0 Å². The van der Waals surface area contributed by atoms with Gasteiger partial charge in [-0.05, 0) is 43.1 Å². The Morgan fingerprint density at radius 3 is 2.87 bits per heavy atom. The average Bonchev–Trinajstić information content (AvgIpc) is 2.86. The summed E-state index contributed by atoms with van der Waals surface area (Å²) < 4.78 is 4.79. The van der Waals surface area contributed by atoms with Crippen LogP contribution in [-0.4, -0.2) is 18.1 Å². The molecular formula is C19H27BN3+. The molecule has 1 aromatic heterocycles. The number of benzene rings is 1. The number of aryl methyl sites for hydroxylation is 2. The fourth-order valence-corrected chi connectivity index (χ4v) is 4.41. The third-order valence-electron chi connectivity index (χ3n) is 5.84. The third kappa shape index (κ3) is 2.30. The summed E-state index contributed by atoms with van der Waals surface area (Å²) in [5.41, 5.74) is 4.67. The molecule has 1 fully saturated rings. The zero-order valence-corrected chi connectivity index (χ0v) is 14.8. The van der Waals surface area contributed by atoms with Gasteiger partial charge in [0.2, 0.25) is 0 Å². The van der Waals surface area contributed by atoms with Gasteiger partial charge >= 0.3 is 6.98 Å². The average molecular weight is 308 g/mol. The quantitative estimate of drug-likeness (QED) is 0.677. The van der Waals surface area contributed by atoms with E-state index in [2.05, 4.69) is 72.3 Å². The van der Waals surface area contributed by atoms with Crippen LogP contribution in [0.25, 0.3) is 11.4 Å². The monoisotopic (exact) mass is 308 g/mol. The van der Waals surface area contributed by atoms with Gasteiger partial charge in [-0.25, -0.2) is 4.57 Å². The van der Waals surface area contributed by atoms with Crippen molar-refractivity contribution in [3.8, 4) is 11.4 Å². The number of fused-ring (bicyclic) bond motifs is 6. The topological polar surface area (TPSA) is 12.0 Å². The lowest BCUT2D eigenvalue weighted by molar-refractivity contribution is -0.527. The highest BCUT2D eigenvalue weighted by atomic mass is 15.2. The molecule has 2 aromatic rings. The molecule has 4 heteroatoms. The Bertz CT molecular complexity index is 747. The van der Waals surface area contributed by atoms with E-state index in [0.717, 1.165) is 6.54 Å². The fourth-order valence-electron chi connectivity index (χ4n) is 4.41. The first-order valence-electron chi connectivity index (χ1n) is 8.91. The van der Waals surface area contributed by atoms with Crippen molar-refractivity contribution >= 4 is 12.7 Å². The maximum absolute atomic E-state index is 2.66. The smallest absolute Gasteiger partial charge is 0.374 e. The van der Waals surface area contributed by atoms with Gasteiger partial charge in [0, 0.05) is 12.2 Å². The normalized spacial score (nSPS) is 19.5. The Hall–Kier alpha value is -1.71. The number of hydrogen-bond donors (Lipinski definition) is 0. The van der Waals surface area contributed by atoms with Gasteiger partial charge in [-0.2, -0.15) is 0 Å². The molecule has 23 heavy (non-hydrogen) atoms. The maximum atomic E-state index is 2.66. The van der Waals surface area contributed by atoms with Crippen LogP contribution in [0.3, 0.4) is 0 Å². The van der Waals surface area contributed by atoms with Crippen molar-refractivity contribution in [2.24, 2.45) is 12.5 Å². The van der Waals surface area contributed by atoms with E-state index in [1.807, 2.05) is 0 Å². The van der Waals surface area contributed by atoms with Crippen LogP contribution in [0.2, 0.25) is 6.32 Å². The first-order chi connectivity index (χ1) is 11.0. The molecule has 2 aliphatic heterocycles. The summed E-state index contributed by atoms with van der Waals surface area (Å²) in [6.07, 6.45) is 9.61. The fraction of sp³-hybridized carbons (Fsp3) is 0.526. The Labute approximate surface area is 140 Å². The number of aromatic nitrogens is 2. The molecular weight excluding hydrogens is 281 g/mol. The molecule has 0 amide bonds. The van der Waals surface area contributed by atoms with Gasteiger partial charge in [0.15, 0.2) is 0 Å². The van der Waals surface area contributed by atoms with E-state index >= 15 is 0 Å². The molecule has 0 saturated carbocycles. The second kappa shape index (κ2) is 5.15. The molecule has 4 rings (SSSR count). The molecule has 0 N–H and O–H groups in total. The van der Waals surface area contributed by atoms with Crippen LogP contribution < -0.4 is 9.29 Å². The highest BCUT2D eigenvalue weighted by molar-refractivity contribution is 6.55. The summed E-state index contributed by atoms with van der Waals surface area (Å²) in [4.78, 5) is 2.66. The second-order valence-corrected chi connectivity index (χ2v) is 8.09. The Balaban J connectivity index is 1.88. The van der Waals surface area contributed by atoms with Crippen molar-refractivity contribution in [2.75, 3.05) is 11.4 Å². The number of rotatable bonds is 0. The summed E-state index contributed by atoms with van der Waals surface area (Å²) >= 11 is 0. The van der Waals surface area contributed by atoms with E-state index in [-0.39, 0.29) is 0 Å². The molecule has 1 saturated heterocycles. The van der Waals surface area contributed by atoms with Crippen LogP contribution in [0.4, 0.5) is 5.69 Å². The molecule has 0 bridgehead atoms. The lowest BCUT2D eigenvalue weighted by Crippen LogP contribution is -2.65. The van der Waals surface area contributed by atoms with Gasteiger partial charge in [0.25, 0.3) is 5.82 Å². The first-order valence-corrected chi connectivity index (χ1v) is 8.91. The molecule has 3 heterocycles. The number of hydrogen-bond acceptors (Lipinski definition) is 1. The van der Waals surface area contributed by atoms with Crippen LogP contribution in [0.5, 0.6) is 0 Å². The maximum Gasteiger partial charge on any atom is 0.501 e. The molecule has 0 spiro atoms. The summed E-state index contributed by atoms with van der Waals surface area (Å²) in [7, 11) is 2.17. The molecule has 0 radical (unpaired) electrons. The van der Waals surface area contributed by atoms with Crippen LogP contribution in [0.15, 0.2) is 30.6 Å². The van der Waals surface area contributed by atoms with Crippen LogP contribution in [-0.2, 0) is 7.05 Å². The van der Waals surface area contributed by atoms with E-state index < -0.39 is 0 Å². The van der Waals surface area contributed by atoms with Gasteiger partial charge in [0.05, 0.1) is 12.6 Å².